The van der Waals surface area contributed by atoms with Crippen LogP contribution in [0.2, 0.25) is 0 Å². The van der Waals surface area contributed by atoms with E-state index in [0.29, 0.717) is 21.3 Å². The van der Waals surface area contributed by atoms with Crippen LogP contribution < -0.4 is 9.47 Å². The number of methoxy groups -OCH3 is 1. The highest BCUT2D eigenvalue weighted by atomic mass is 79.9. The maximum atomic E-state index is 12.8. The maximum absolute atomic E-state index is 12.8. The fraction of sp³-hybridized carbons (Fsp3) is 0.421. The molecule has 0 spiro atoms. The first kappa shape index (κ1) is 22.5. The molecule has 0 bridgehead atoms. The number of hydrogen-bond acceptors (Lipinski definition) is 7. The summed E-state index contributed by atoms with van der Waals surface area (Å²) < 4.78 is 11.1. The van der Waals surface area contributed by atoms with E-state index in [9.17, 15) is 24.0 Å². The number of nitrogens with zero attached hydrogens (tertiary/aromatic N) is 2. The van der Waals surface area contributed by atoms with Crippen molar-refractivity contribution in [3.05, 3.63) is 21.7 Å². The zero-order valence-corrected chi connectivity index (χ0v) is 18.3. The van der Waals surface area contributed by atoms with Crippen LogP contribution in [0.3, 0.4) is 0 Å². The van der Waals surface area contributed by atoms with Gasteiger partial charge in [-0.25, -0.2) is 0 Å². The van der Waals surface area contributed by atoms with E-state index in [1.807, 2.05) is 0 Å². The van der Waals surface area contributed by atoms with Crippen molar-refractivity contribution in [1.29, 1.82) is 0 Å². The number of benzene rings is 1. The van der Waals surface area contributed by atoms with Crippen LogP contribution in [0.4, 0.5) is 0 Å². The van der Waals surface area contributed by atoms with Crippen LogP contribution in [-0.2, 0) is 30.4 Å². The van der Waals surface area contributed by atoms with Gasteiger partial charge in [0, 0.05) is 37.2 Å². The lowest BCUT2D eigenvalue weighted by molar-refractivity contribution is -0.166. The van der Waals surface area contributed by atoms with Gasteiger partial charge >= 0.3 is 5.97 Å². The first-order valence-electron chi connectivity index (χ1n) is 8.68. The predicted octanol–water partition coefficient (Wildman–Crippen LogP) is 1.37. The van der Waals surface area contributed by atoms with Crippen LogP contribution in [0.15, 0.2) is 10.5 Å². The molecular weight excluding hydrogens is 448 g/mol. The van der Waals surface area contributed by atoms with Gasteiger partial charge in [-0.2, -0.15) is 0 Å². The Morgan fingerprint density at radius 2 is 1.79 bits per heavy atom. The van der Waals surface area contributed by atoms with Crippen molar-refractivity contribution in [3.63, 3.8) is 0 Å². The third kappa shape index (κ3) is 4.47. The molecule has 0 aromatic heterocycles. The van der Waals surface area contributed by atoms with Gasteiger partial charge in [-0.05, 0) is 18.6 Å². The summed E-state index contributed by atoms with van der Waals surface area (Å²) >= 11 is 3.43. The molecule has 156 valence electrons. The van der Waals surface area contributed by atoms with Gasteiger partial charge in [-0.1, -0.05) is 15.9 Å². The van der Waals surface area contributed by atoms with Crippen molar-refractivity contribution in [1.82, 2.24) is 9.80 Å². The molecule has 0 radical (unpaired) electrons. The van der Waals surface area contributed by atoms with Crippen LogP contribution >= 0.6 is 15.9 Å². The van der Waals surface area contributed by atoms with E-state index in [1.54, 1.807) is 6.92 Å². The molecule has 0 saturated carbocycles. The molecule has 1 aliphatic heterocycles. The number of imide groups is 2. The van der Waals surface area contributed by atoms with E-state index < -0.39 is 42.2 Å². The summed E-state index contributed by atoms with van der Waals surface area (Å²) in [6.07, 6.45) is -0.0758. The van der Waals surface area contributed by atoms with Crippen molar-refractivity contribution < 1.29 is 33.4 Å². The van der Waals surface area contributed by atoms with Crippen LogP contribution in [0.25, 0.3) is 0 Å². The molecule has 9 nitrogen and oxygen atoms in total. The molecule has 1 heterocycles. The molecule has 1 aromatic carbocycles. The van der Waals surface area contributed by atoms with Gasteiger partial charge in [0.2, 0.25) is 17.7 Å². The topological polar surface area (TPSA) is 110 Å². The quantitative estimate of drug-likeness (QED) is 0.484. The zero-order chi connectivity index (χ0) is 22.0. The summed E-state index contributed by atoms with van der Waals surface area (Å²) in [4.78, 5) is 62.2. The number of carbonyl (C=O) groups is 5. The fourth-order valence-corrected chi connectivity index (χ4v) is 3.70. The Labute approximate surface area is 176 Å². The molecule has 1 atom stereocenters. The number of amides is 4. The molecule has 1 aromatic rings. The van der Waals surface area contributed by atoms with Crippen molar-refractivity contribution in [2.45, 2.75) is 40.2 Å². The summed E-state index contributed by atoms with van der Waals surface area (Å²) in [6.45, 7) is 4.84. The molecule has 1 unspecified atom stereocenters. The van der Waals surface area contributed by atoms with Gasteiger partial charge in [0.25, 0.3) is 5.91 Å². The molecule has 10 heteroatoms. The summed E-state index contributed by atoms with van der Waals surface area (Å²) in [6, 6.07) is 0.298. The van der Waals surface area contributed by atoms with Gasteiger partial charge < -0.3 is 9.47 Å². The molecular formula is C19H21BrN2O7. The van der Waals surface area contributed by atoms with Gasteiger partial charge in [-0.15, -0.1) is 0 Å². The van der Waals surface area contributed by atoms with Crippen LogP contribution in [0.5, 0.6) is 11.5 Å². The normalized spacial score (nSPS) is 16.7. The molecule has 1 saturated heterocycles. The number of ether oxygens (including phenoxy) is 2. The Kier molecular flexibility index (Phi) is 6.78. The van der Waals surface area contributed by atoms with Gasteiger partial charge in [0.15, 0.2) is 11.5 Å². The number of hydrogen-bond donors (Lipinski definition) is 0. The van der Waals surface area contributed by atoms with Crippen molar-refractivity contribution in [2.75, 3.05) is 13.7 Å². The third-order valence-electron chi connectivity index (χ3n) is 4.50. The monoisotopic (exact) mass is 468 g/mol. The van der Waals surface area contributed by atoms with Crippen molar-refractivity contribution in [2.24, 2.45) is 0 Å². The Hall–Kier alpha value is -2.75. The molecule has 1 aliphatic rings. The maximum Gasteiger partial charge on any atom is 0.308 e. The van der Waals surface area contributed by atoms with Crippen molar-refractivity contribution in [3.8, 4) is 11.5 Å². The minimum Gasteiger partial charge on any atom is -0.493 e. The van der Waals surface area contributed by atoms with Crippen LogP contribution in [0, 0.1) is 6.92 Å². The Bertz CT molecular complexity index is 912. The summed E-state index contributed by atoms with van der Waals surface area (Å²) in [5.74, 6) is -2.56. The first-order chi connectivity index (χ1) is 13.5. The van der Waals surface area contributed by atoms with E-state index in [2.05, 4.69) is 15.9 Å². The van der Waals surface area contributed by atoms with Gasteiger partial charge in [0.05, 0.1) is 7.11 Å². The minimum atomic E-state index is -1.20. The van der Waals surface area contributed by atoms with Crippen LogP contribution in [0.1, 0.15) is 31.9 Å². The second-order valence-electron chi connectivity index (χ2n) is 6.55. The summed E-state index contributed by atoms with van der Waals surface area (Å²) in [5, 5.41) is 0. The second kappa shape index (κ2) is 8.73. The minimum absolute atomic E-state index is 0.0758. The Balaban J connectivity index is 2.55. The molecule has 29 heavy (non-hydrogen) atoms. The Morgan fingerprint density at radius 3 is 2.28 bits per heavy atom. The number of halogens is 1. The van der Waals surface area contributed by atoms with E-state index >= 15 is 0 Å². The first-order valence-corrected chi connectivity index (χ1v) is 9.47. The van der Waals surface area contributed by atoms with E-state index in [0.717, 1.165) is 9.80 Å². The number of rotatable bonds is 4. The molecule has 2 rings (SSSR count). The van der Waals surface area contributed by atoms with E-state index in [1.165, 1.54) is 33.9 Å². The average Bonchev–Trinajstić information content (AvgIpc) is 2.61. The van der Waals surface area contributed by atoms with Gasteiger partial charge in [0.1, 0.15) is 12.6 Å². The summed E-state index contributed by atoms with van der Waals surface area (Å²) in [7, 11) is 1.42. The largest absolute Gasteiger partial charge is 0.493 e. The molecule has 4 amide bonds. The highest BCUT2D eigenvalue weighted by Crippen LogP contribution is 2.39. The SMILES string of the molecule is COc1c(OC(C)=O)cc(CC2C(=O)N(C(C)=O)CC(=O)N2C(C)=O)c(Br)c1C. The van der Waals surface area contributed by atoms with E-state index in [4.69, 9.17) is 9.47 Å². The Morgan fingerprint density at radius 1 is 1.17 bits per heavy atom. The third-order valence-corrected chi connectivity index (χ3v) is 5.60. The average molecular weight is 469 g/mol. The van der Waals surface area contributed by atoms with Crippen LogP contribution in [-0.4, -0.2) is 59.1 Å². The zero-order valence-electron chi connectivity index (χ0n) is 16.7. The fourth-order valence-electron chi connectivity index (χ4n) is 3.25. The predicted molar refractivity (Wildman–Crippen MR) is 104 cm³/mol. The van der Waals surface area contributed by atoms with E-state index in [-0.39, 0.29) is 12.2 Å². The molecule has 1 fully saturated rings. The van der Waals surface area contributed by atoms with Crippen molar-refractivity contribution >= 4 is 45.5 Å². The highest BCUT2D eigenvalue weighted by molar-refractivity contribution is 9.10. The van der Waals surface area contributed by atoms with Gasteiger partial charge in [-0.3, -0.25) is 33.8 Å². The highest BCUT2D eigenvalue weighted by Gasteiger charge is 2.43. The lowest BCUT2D eigenvalue weighted by atomic mass is 9.98. The second-order valence-corrected chi connectivity index (χ2v) is 7.34. The number of esters is 1. The number of piperazine rings is 1. The summed E-state index contributed by atoms with van der Waals surface area (Å²) in [5.41, 5.74) is 1.11. The molecule has 0 N–H and O–H groups in total. The standard InChI is InChI=1S/C19H21BrN2O7/c1-9-17(20)13(7-15(18(9)28-5)29-12(4)25)6-14-19(27)21(10(2)23)8-16(26)22(14)11(3)24/h7,14H,6,8H2,1-5H3. The lowest BCUT2D eigenvalue weighted by Crippen LogP contribution is -2.62. The molecule has 0 aliphatic carbocycles. The number of carbonyl (C=O) groups excluding carboxylic acids is 5. The smallest absolute Gasteiger partial charge is 0.308 e. The lowest BCUT2D eigenvalue weighted by Gasteiger charge is -2.37.